The third-order valence-electron chi connectivity index (χ3n) is 1.51. The maximum absolute atomic E-state index is 8.63. The number of aromatic hydroxyl groups is 2. The third kappa shape index (κ3) is 11.5. The van der Waals surface area contributed by atoms with Gasteiger partial charge in [0.15, 0.2) is 0 Å². The zero-order valence-corrected chi connectivity index (χ0v) is 12.0. The SMILES string of the molecule is Cl.Cl.Oc1ccccc1.Oc1ccccc1.[V]. The number of benzene rings is 2. The van der Waals surface area contributed by atoms with Gasteiger partial charge < -0.3 is 10.2 Å². The van der Waals surface area contributed by atoms with Crippen LogP contribution in [-0.4, -0.2) is 10.2 Å². The van der Waals surface area contributed by atoms with Crippen LogP contribution in [0.5, 0.6) is 11.5 Å². The van der Waals surface area contributed by atoms with Gasteiger partial charge in [-0.2, -0.15) is 0 Å². The van der Waals surface area contributed by atoms with Crippen molar-refractivity contribution in [3.05, 3.63) is 60.7 Å². The van der Waals surface area contributed by atoms with E-state index in [0.29, 0.717) is 11.5 Å². The molecule has 0 unspecified atom stereocenters. The van der Waals surface area contributed by atoms with Crippen LogP contribution in [0.15, 0.2) is 60.7 Å². The molecular formula is C12H14Cl2O2V. The molecule has 0 bridgehead atoms. The Hall–Kier alpha value is -0.796. The fourth-order valence-electron chi connectivity index (χ4n) is 0.856. The fraction of sp³-hybridized carbons (Fsp3) is 0. The van der Waals surface area contributed by atoms with E-state index < -0.39 is 0 Å². The van der Waals surface area contributed by atoms with E-state index in [1.807, 2.05) is 12.1 Å². The molecule has 0 saturated carbocycles. The van der Waals surface area contributed by atoms with Crippen molar-refractivity contribution in [2.24, 2.45) is 0 Å². The second-order valence-corrected chi connectivity index (χ2v) is 2.67. The van der Waals surface area contributed by atoms with Gasteiger partial charge in [-0.3, -0.25) is 0 Å². The summed E-state index contributed by atoms with van der Waals surface area (Å²) < 4.78 is 0. The summed E-state index contributed by atoms with van der Waals surface area (Å²) in [6.45, 7) is 0. The van der Waals surface area contributed by atoms with Gasteiger partial charge in [0.2, 0.25) is 0 Å². The summed E-state index contributed by atoms with van der Waals surface area (Å²) in [5.74, 6) is 0.644. The first-order chi connectivity index (χ1) is 6.79. The molecule has 0 aromatic heterocycles. The quantitative estimate of drug-likeness (QED) is 0.780. The molecule has 0 amide bonds. The van der Waals surface area contributed by atoms with Crippen LogP contribution in [0.2, 0.25) is 0 Å². The Morgan fingerprint density at radius 2 is 0.765 bits per heavy atom. The molecule has 0 saturated heterocycles. The van der Waals surface area contributed by atoms with Gasteiger partial charge in [0, 0.05) is 18.6 Å². The smallest absolute Gasteiger partial charge is 0.115 e. The van der Waals surface area contributed by atoms with E-state index in [0.717, 1.165) is 0 Å². The van der Waals surface area contributed by atoms with Crippen molar-refractivity contribution in [2.45, 2.75) is 0 Å². The summed E-state index contributed by atoms with van der Waals surface area (Å²) in [6.07, 6.45) is 0. The Morgan fingerprint density at radius 3 is 0.882 bits per heavy atom. The predicted molar refractivity (Wildman–Crippen MR) is 70.7 cm³/mol. The van der Waals surface area contributed by atoms with Crippen LogP contribution >= 0.6 is 24.8 Å². The summed E-state index contributed by atoms with van der Waals surface area (Å²) in [4.78, 5) is 0. The molecule has 0 spiro atoms. The van der Waals surface area contributed by atoms with E-state index in [1.54, 1.807) is 48.5 Å². The van der Waals surface area contributed by atoms with Crippen LogP contribution in [-0.2, 0) is 18.6 Å². The molecule has 2 aromatic carbocycles. The molecule has 5 heteroatoms. The van der Waals surface area contributed by atoms with Crippen molar-refractivity contribution in [1.82, 2.24) is 0 Å². The molecule has 2 aromatic rings. The van der Waals surface area contributed by atoms with Crippen molar-refractivity contribution in [3.8, 4) is 11.5 Å². The topological polar surface area (TPSA) is 40.5 Å². The van der Waals surface area contributed by atoms with Crippen LogP contribution in [0.1, 0.15) is 0 Å². The van der Waals surface area contributed by atoms with E-state index in [-0.39, 0.29) is 43.4 Å². The molecule has 2 nitrogen and oxygen atoms in total. The van der Waals surface area contributed by atoms with Crippen molar-refractivity contribution in [3.63, 3.8) is 0 Å². The first-order valence-electron chi connectivity index (χ1n) is 4.27. The van der Waals surface area contributed by atoms with Crippen LogP contribution in [0.25, 0.3) is 0 Å². The molecule has 0 heterocycles. The Kier molecular flexibility index (Phi) is 16.8. The van der Waals surface area contributed by atoms with Crippen LogP contribution in [0.3, 0.4) is 0 Å². The second kappa shape index (κ2) is 13.3. The fourth-order valence-corrected chi connectivity index (χ4v) is 0.856. The minimum Gasteiger partial charge on any atom is -0.508 e. The van der Waals surface area contributed by atoms with E-state index >= 15 is 0 Å². The zero-order valence-electron chi connectivity index (χ0n) is 8.93. The van der Waals surface area contributed by atoms with E-state index in [9.17, 15) is 0 Å². The minimum atomic E-state index is 0. The Labute approximate surface area is 125 Å². The zero-order chi connectivity index (χ0) is 10.2. The molecule has 17 heavy (non-hydrogen) atoms. The number of hydrogen-bond donors (Lipinski definition) is 2. The third-order valence-corrected chi connectivity index (χ3v) is 1.51. The van der Waals surface area contributed by atoms with Gasteiger partial charge in [-0.25, -0.2) is 0 Å². The summed E-state index contributed by atoms with van der Waals surface area (Å²) in [6, 6.07) is 17.4. The molecule has 2 rings (SSSR count). The minimum absolute atomic E-state index is 0. The molecule has 0 aliphatic rings. The van der Waals surface area contributed by atoms with Gasteiger partial charge in [-0.15, -0.1) is 24.8 Å². The first kappa shape index (κ1) is 21.5. The molecule has 0 aliphatic carbocycles. The molecule has 0 atom stereocenters. The average molecular weight is 312 g/mol. The van der Waals surface area contributed by atoms with Gasteiger partial charge in [0.25, 0.3) is 0 Å². The standard InChI is InChI=1S/2C6H6O.2ClH.V/c2*7-6-4-2-1-3-5-6;;;/h2*1-5,7H;2*1H;. The maximum atomic E-state index is 8.63. The average Bonchev–Trinajstić information content (AvgIpc) is 2.21. The van der Waals surface area contributed by atoms with Gasteiger partial charge in [0.05, 0.1) is 0 Å². The summed E-state index contributed by atoms with van der Waals surface area (Å²) in [5, 5.41) is 17.3. The molecular weight excluding hydrogens is 298 g/mol. The van der Waals surface area contributed by atoms with Gasteiger partial charge in [-0.05, 0) is 24.3 Å². The van der Waals surface area contributed by atoms with Crippen molar-refractivity contribution in [2.75, 3.05) is 0 Å². The number of hydrogen-bond acceptors (Lipinski definition) is 2. The van der Waals surface area contributed by atoms with Crippen molar-refractivity contribution in [1.29, 1.82) is 0 Å². The van der Waals surface area contributed by atoms with Crippen molar-refractivity contribution < 1.29 is 28.8 Å². The Bertz CT molecular complexity index is 320. The number of phenols is 2. The summed E-state index contributed by atoms with van der Waals surface area (Å²) in [7, 11) is 0. The molecule has 93 valence electrons. The Balaban J connectivity index is -0.000000196. The van der Waals surface area contributed by atoms with E-state index in [1.165, 1.54) is 0 Å². The first-order valence-corrected chi connectivity index (χ1v) is 4.27. The maximum Gasteiger partial charge on any atom is 0.115 e. The molecule has 0 fully saturated rings. The van der Waals surface area contributed by atoms with Crippen LogP contribution in [0, 0.1) is 0 Å². The number of para-hydroxylation sites is 2. The van der Waals surface area contributed by atoms with E-state index in [2.05, 4.69) is 0 Å². The van der Waals surface area contributed by atoms with Crippen LogP contribution < -0.4 is 0 Å². The molecule has 0 aliphatic heterocycles. The number of phenolic OH excluding ortho intramolecular Hbond substituents is 2. The van der Waals surface area contributed by atoms with Gasteiger partial charge >= 0.3 is 0 Å². The predicted octanol–water partition coefficient (Wildman–Crippen LogP) is 3.63. The normalized spacial score (nSPS) is 7.06. The Morgan fingerprint density at radius 1 is 0.529 bits per heavy atom. The largest absolute Gasteiger partial charge is 0.508 e. The number of halogens is 2. The van der Waals surface area contributed by atoms with Crippen molar-refractivity contribution >= 4 is 24.8 Å². The molecule has 2 N–H and O–H groups in total. The number of rotatable bonds is 0. The van der Waals surface area contributed by atoms with Gasteiger partial charge in [-0.1, -0.05) is 36.4 Å². The summed E-state index contributed by atoms with van der Waals surface area (Å²) >= 11 is 0. The molecule has 1 radical (unpaired) electrons. The monoisotopic (exact) mass is 311 g/mol. The van der Waals surface area contributed by atoms with Crippen LogP contribution in [0.4, 0.5) is 0 Å². The van der Waals surface area contributed by atoms with E-state index in [4.69, 9.17) is 10.2 Å². The van der Waals surface area contributed by atoms with Gasteiger partial charge in [0.1, 0.15) is 11.5 Å². The second-order valence-electron chi connectivity index (χ2n) is 2.67. The summed E-state index contributed by atoms with van der Waals surface area (Å²) in [5.41, 5.74) is 0.